The average Bonchev–Trinajstić information content (AvgIpc) is 2.81. The van der Waals surface area contributed by atoms with Gasteiger partial charge in [-0.1, -0.05) is 11.3 Å². The maximum Gasteiger partial charge on any atom is 0.155 e. The van der Waals surface area contributed by atoms with E-state index in [1.165, 1.54) is 4.68 Å². The molecule has 0 aliphatic carbocycles. The Balaban J connectivity index is 2.09. The second-order valence-electron chi connectivity index (χ2n) is 4.00. The molecule has 2 heterocycles. The number of nitrogens with zero attached hydrogens (tertiary/aromatic N) is 4. The summed E-state index contributed by atoms with van der Waals surface area (Å²) >= 11 is 0. The van der Waals surface area contributed by atoms with Crippen LogP contribution in [-0.2, 0) is 0 Å². The molecule has 2 aromatic heterocycles. The quantitative estimate of drug-likeness (QED) is 0.724. The molecule has 0 unspecified atom stereocenters. The minimum Gasteiger partial charge on any atom is -0.508 e. The molecular formula is C13H11N5O. The third-order valence-electron chi connectivity index (χ3n) is 2.71. The van der Waals surface area contributed by atoms with Crippen LogP contribution in [0.25, 0.3) is 16.9 Å². The first-order chi connectivity index (χ1) is 9.25. The predicted molar refractivity (Wildman–Crippen MR) is 70.7 cm³/mol. The van der Waals surface area contributed by atoms with Crippen molar-refractivity contribution in [3.05, 3.63) is 48.8 Å². The van der Waals surface area contributed by atoms with Crippen molar-refractivity contribution in [1.29, 1.82) is 0 Å². The fourth-order valence-corrected chi connectivity index (χ4v) is 1.81. The molecule has 0 aliphatic heterocycles. The second kappa shape index (κ2) is 4.41. The lowest BCUT2D eigenvalue weighted by atomic mass is 10.2. The number of rotatable bonds is 2. The van der Waals surface area contributed by atoms with Crippen molar-refractivity contribution in [2.45, 2.75) is 0 Å². The maximum absolute atomic E-state index is 9.48. The molecule has 19 heavy (non-hydrogen) atoms. The number of phenolic OH excluding ortho intramolecular Hbond substituents is 1. The van der Waals surface area contributed by atoms with E-state index in [1.54, 1.807) is 36.7 Å². The zero-order valence-corrected chi connectivity index (χ0v) is 9.93. The van der Waals surface area contributed by atoms with Crippen molar-refractivity contribution in [2.24, 2.45) is 0 Å². The summed E-state index contributed by atoms with van der Waals surface area (Å²) in [5.41, 5.74) is 8.06. The molecule has 0 saturated heterocycles. The number of nitrogen functional groups attached to an aromatic ring is 1. The minimum atomic E-state index is 0.148. The van der Waals surface area contributed by atoms with Crippen molar-refractivity contribution < 1.29 is 5.11 Å². The Hall–Kier alpha value is -2.89. The number of hydrogen-bond acceptors (Lipinski definition) is 5. The molecule has 0 saturated carbocycles. The molecule has 6 nitrogen and oxygen atoms in total. The van der Waals surface area contributed by atoms with Gasteiger partial charge in [-0.05, 0) is 24.3 Å². The van der Waals surface area contributed by atoms with E-state index >= 15 is 0 Å². The van der Waals surface area contributed by atoms with Crippen molar-refractivity contribution in [1.82, 2.24) is 20.0 Å². The molecule has 0 aliphatic rings. The number of aromatic nitrogens is 4. The van der Waals surface area contributed by atoms with Crippen molar-refractivity contribution in [2.75, 3.05) is 5.73 Å². The van der Waals surface area contributed by atoms with Gasteiger partial charge in [0.2, 0.25) is 0 Å². The molecule has 0 radical (unpaired) electrons. The second-order valence-corrected chi connectivity index (χ2v) is 4.00. The van der Waals surface area contributed by atoms with Crippen LogP contribution < -0.4 is 5.73 Å². The van der Waals surface area contributed by atoms with Gasteiger partial charge >= 0.3 is 0 Å². The molecule has 3 N–H and O–H groups in total. The van der Waals surface area contributed by atoms with Gasteiger partial charge in [-0.25, -0.2) is 0 Å². The fourth-order valence-electron chi connectivity index (χ4n) is 1.81. The standard InChI is InChI=1S/C13H11N5O/c14-13-12(9-3-2-6-15-8-9)16-17-18(13)10-4-1-5-11(19)7-10/h1-8,19H,14H2. The predicted octanol–water partition coefficient (Wildman–Crippen LogP) is 1.62. The van der Waals surface area contributed by atoms with E-state index in [4.69, 9.17) is 5.73 Å². The van der Waals surface area contributed by atoms with Crippen LogP contribution in [0.4, 0.5) is 5.82 Å². The van der Waals surface area contributed by atoms with Gasteiger partial charge in [0.1, 0.15) is 11.4 Å². The lowest BCUT2D eigenvalue weighted by Crippen LogP contribution is -2.02. The number of anilines is 1. The fraction of sp³-hybridized carbons (Fsp3) is 0. The highest BCUT2D eigenvalue weighted by atomic mass is 16.3. The first-order valence-electron chi connectivity index (χ1n) is 5.66. The highest BCUT2D eigenvalue weighted by Gasteiger charge is 2.13. The Morgan fingerprint density at radius 3 is 2.79 bits per heavy atom. The molecule has 3 aromatic rings. The van der Waals surface area contributed by atoms with E-state index in [1.807, 2.05) is 12.1 Å². The number of hydrogen-bond donors (Lipinski definition) is 2. The molecule has 1 aromatic carbocycles. The minimum absolute atomic E-state index is 0.148. The molecule has 94 valence electrons. The van der Waals surface area contributed by atoms with Crippen LogP contribution in [0.5, 0.6) is 5.75 Å². The third kappa shape index (κ3) is 1.99. The number of aromatic hydroxyl groups is 1. The smallest absolute Gasteiger partial charge is 0.155 e. The van der Waals surface area contributed by atoms with Gasteiger partial charge < -0.3 is 10.8 Å². The highest BCUT2D eigenvalue weighted by Crippen LogP contribution is 2.25. The number of pyridine rings is 1. The van der Waals surface area contributed by atoms with Crippen molar-refractivity contribution in [3.63, 3.8) is 0 Å². The van der Waals surface area contributed by atoms with Crippen molar-refractivity contribution >= 4 is 5.82 Å². The summed E-state index contributed by atoms with van der Waals surface area (Å²) in [4.78, 5) is 4.03. The lowest BCUT2D eigenvalue weighted by molar-refractivity contribution is 0.475. The highest BCUT2D eigenvalue weighted by molar-refractivity contribution is 5.70. The van der Waals surface area contributed by atoms with Crippen LogP contribution >= 0.6 is 0 Å². The number of nitrogens with two attached hydrogens (primary N) is 1. The largest absolute Gasteiger partial charge is 0.508 e. The molecule has 0 spiro atoms. The van der Waals surface area contributed by atoms with E-state index in [0.717, 1.165) is 5.56 Å². The van der Waals surface area contributed by atoms with Gasteiger partial charge in [0, 0.05) is 24.0 Å². The Morgan fingerprint density at radius 2 is 2.05 bits per heavy atom. The van der Waals surface area contributed by atoms with Crippen LogP contribution in [0.3, 0.4) is 0 Å². The van der Waals surface area contributed by atoms with Crippen LogP contribution in [0.2, 0.25) is 0 Å². The van der Waals surface area contributed by atoms with Gasteiger partial charge in [0.05, 0.1) is 5.69 Å². The van der Waals surface area contributed by atoms with Gasteiger partial charge in [0.25, 0.3) is 0 Å². The topological polar surface area (TPSA) is 89.9 Å². The Kier molecular flexibility index (Phi) is 2.60. The Morgan fingerprint density at radius 1 is 1.16 bits per heavy atom. The van der Waals surface area contributed by atoms with Crippen LogP contribution in [0.1, 0.15) is 0 Å². The zero-order chi connectivity index (χ0) is 13.2. The van der Waals surface area contributed by atoms with Crippen LogP contribution in [0.15, 0.2) is 48.8 Å². The van der Waals surface area contributed by atoms with Gasteiger partial charge in [-0.3, -0.25) is 4.98 Å². The van der Waals surface area contributed by atoms with Gasteiger partial charge in [-0.15, -0.1) is 5.10 Å². The maximum atomic E-state index is 9.48. The van der Waals surface area contributed by atoms with E-state index in [0.29, 0.717) is 17.2 Å². The molecule has 0 atom stereocenters. The molecule has 0 bridgehead atoms. The van der Waals surface area contributed by atoms with E-state index in [-0.39, 0.29) is 5.75 Å². The molecule has 0 amide bonds. The average molecular weight is 253 g/mol. The summed E-state index contributed by atoms with van der Waals surface area (Å²) in [5.74, 6) is 0.550. The summed E-state index contributed by atoms with van der Waals surface area (Å²) < 4.78 is 1.47. The zero-order valence-electron chi connectivity index (χ0n) is 9.93. The van der Waals surface area contributed by atoms with Gasteiger partial charge in [-0.2, -0.15) is 4.68 Å². The van der Waals surface area contributed by atoms with Gasteiger partial charge in [0.15, 0.2) is 5.82 Å². The lowest BCUT2D eigenvalue weighted by Gasteiger charge is -2.03. The number of phenols is 1. The van der Waals surface area contributed by atoms with Crippen molar-refractivity contribution in [3.8, 4) is 22.7 Å². The first-order valence-corrected chi connectivity index (χ1v) is 5.66. The molecule has 6 heteroatoms. The first kappa shape index (κ1) is 11.2. The van der Waals surface area contributed by atoms with E-state index < -0.39 is 0 Å². The summed E-state index contributed by atoms with van der Waals surface area (Å²) in [6.45, 7) is 0. The monoisotopic (exact) mass is 253 g/mol. The third-order valence-corrected chi connectivity index (χ3v) is 2.71. The number of benzene rings is 1. The SMILES string of the molecule is Nc1c(-c2cccnc2)nnn1-c1cccc(O)c1. The normalized spacial score (nSPS) is 10.5. The van der Waals surface area contributed by atoms with Crippen LogP contribution in [0, 0.1) is 0 Å². The molecule has 0 fully saturated rings. The Labute approximate surface area is 109 Å². The van der Waals surface area contributed by atoms with E-state index in [9.17, 15) is 5.11 Å². The van der Waals surface area contributed by atoms with E-state index in [2.05, 4.69) is 15.3 Å². The summed E-state index contributed by atoms with van der Waals surface area (Å²) in [7, 11) is 0. The summed E-state index contributed by atoms with van der Waals surface area (Å²) in [5, 5.41) is 17.5. The molecule has 3 rings (SSSR count). The molecular weight excluding hydrogens is 242 g/mol. The Bertz CT molecular complexity index is 708. The summed E-state index contributed by atoms with van der Waals surface area (Å²) in [6.07, 6.45) is 3.35. The summed E-state index contributed by atoms with van der Waals surface area (Å²) in [6, 6.07) is 10.3. The van der Waals surface area contributed by atoms with Crippen LogP contribution in [-0.4, -0.2) is 25.1 Å².